The molecule has 0 fully saturated rings. The first-order valence-corrected chi connectivity index (χ1v) is 4.05. The minimum Gasteiger partial charge on any atom is -1.00 e. The van der Waals surface area contributed by atoms with Crippen LogP contribution < -0.4 is 51.4 Å². The zero-order valence-corrected chi connectivity index (χ0v) is 10.1. The van der Waals surface area contributed by atoms with Crippen LogP contribution in [0.15, 0.2) is 0 Å². The SMILES string of the molecule is O=C(O)O.[AlH2][Cl].[H-].[K+]. The maximum absolute atomic E-state index is 8.56. The van der Waals surface area contributed by atoms with Crippen LogP contribution in [0.1, 0.15) is 1.43 Å². The molecular formula is CH5AlClKO3. The van der Waals surface area contributed by atoms with Crippen LogP contribution in [0.25, 0.3) is 0 Å². The molecule has 3 nitrogen and oxygen atoms in total. The predicted molar refractivity (Wildman–Crippen MR) is 26.2 cm³/mol. The van der Waals surface area contributed by atoms with Crippen LogP contribution in [0.5, 0.6) is 0 Å². The van der Waals surface area contributed by atoms with Crippen molar-refractivity contribution in [3.8, 4) is 0 Å². The van der Waals surface area contributed by atoms with Crippen LogP contribution in [0.3, 0.4) is 0 Å². The summed E-state index contributed by atoms with van der Waals surface area (Å²) in [5, 5.41) is 13.9. The molecular weight excluding hydrogens is 162 g/mol. The fraction of sp³-hybridized carbons (Fsp3) is 0. The fourth-order valence-electron chi connectivity index (χ4n) is 0. The van der Waals surface area contributed by atoms with Crippen molar-refractivity contribution in [3.63, 3.8) is 0 Å². The first kappa shape index (κ1) is 15.9. The largest absolute Gasteiger partial charge is 1.00 e. The Morgan fingerprint density at radius 1 is 1.57 bits per heavy atom. The van der Waals surface area contributed by atoms with E-state index in [1.165, 1.54) is 0 Å². The van der Waals surface area contributed by atoms with Gasteiger partial charge in [0.15, 0.2) is 0 Å². The van der Waals surface area contributed by atoms with Crippen LogP contribution >= 0.6 is 10.0 Å². The Kier molecular flexibility index (Phi) is 35.5. The molecule has 0 aliphatic rings. The van der Waals surface area contributed by atoms with E-state index in [4.69, 9.17) is 25.1 Å². The van der Waals surface area contributed by atoms with Gasteiger partial charge in [0.1, 0.15) is 0 Å². The molecule has 0 spiro atoms. The van der Waals surface area contributed by atoms with Crippen LogP contribution in [0, 0.1) is 0 Å². The quantitative estimate of drug-likeness (QED) is 0.380. The average molecular weight is 167 g/mol. The van der Waals surface area contributed by atoms with E-state index in [1.54, 1.807) is 0 Å². The number of carboxylic acid groups (broad SMARTS) is 2. The topological polar surface area (TPSA) is 57.5 Å². The smallest absolute Gasteiger partial charge is 1.00 e. The van der Waals surface area contributed by atoms with Crippen molar-refractivity contribution in [1.29, 1.82) is 0 Å². The second-order valence-corrected chi connectivity index (χ2v) is 0.283. The van der Waals surface area contributed by atoms with Crippen LogP contribution in [0.4, 0.5) is 4.79 Å². The summed E-state index contributed by atoms with van der Waals surface area (Å²) in [6.07, 6.45) is -1.83. The molecule has 7 heavy (non-hydrogen) atoms. The molecule has 0 rings (SSSR count). The number of carbonyl (C=O) groups is 1. The summed E-state index contributed by atoms with van der Waals surface area (Å²) in [6.45, 7) is 0. The van der Waals surface area contributed by atoms with Gasteiger partial charge in [-0.2, -0.15) is 0 Å². The van der Waals surface area contributed by atoms with E-state index < -0.39 is 6.16 Å². The molecule has 0 aromatic rings. The van der Waals surface area contributed by atoms with Crippen molar-refractivity contribution in [2.45, 2.75) is 0 Å². The van der Waals surface area contributed by atoms with E-state index >= 15 is 0 Å². The van der Waals surface area contributed by atoms with Gasteiger partial charge in [-0.15, -0.1) is 0 Å². The second kappa shape index (κ2) is 15.6. The number of halogens is 1. The minimum atomic E-state index is -1.83. The molecule has 38 valence electrons. The summed E-state index contributed by atoms with van der Waals surface area (Å²) in [5.74, 6) is 0. The van der Waals surface area contributed by atoms with Gasteiger partial charge < -0.3 is 11.6 Å². The molecule has 0 bridgehead atoms. The van der Waals surface area contributed by atoms with Crippen LogP contribution in [-0.2, 0) is 0 Å². The monoisotopic (exact) mass is 166 g/mol. The van der Waals surface area contributed by atoms with Crippen LogP contribution in [-0.4, -0.2) is 31.7 Å². The van der Waals surface area contributed by atoms with Gasteiger partial charge in [0.25, 0.3) is 0 Å². The summed E-state index contributed by atoms with van der Waals surface area (Å²) < 4.78 is 0. The van der Waals surface area contributed by atoms with Crippen molar-refractivity contribution in [1.82, 2.24) is 0 Å². The van der Waals surface area contributed by atoms with Crippen molar-refractivity contribution in [2.24, 2.45) is 0 Å². The fourth-order valence-corrected chi connectivity index (χ4v) is 0. The van der Waals surface area contributed by atoms with Gasteiger partial charge in [0, 0.05) is 0 Å². The van der Waals surface area contributed by atoms with Crippen molar-refractivity contribution >= 4 is 31.6 Å². The third-order valence-electron chi connectivity index (χ3n) is 0. The maximum atomic E-state index is 8.56. The van der Waals surface area contributed by atoms with Crippen molar-refractivity contribution in [3.05, 3.63) is 0 Å². The summed E-state index contributed by atoms with van der Waals surface area (Å²) in [6, 6.07) is 0. The first-order chi connectivity index (χ1) is 2.73. The molecule has 0 aliphatic carbocycles. The van der Waals surface area contributed by atoms with Gasteiger partial charge in [-0.05, 0) is 0 Å². The summed E-state index contributed by atoms with van der Waals surface area (Å²) in [7, 11) is 4.78. The third kappa shape index (κ3) is 84.9. The van der Waals surface area contributed by atoms with Gasteiger partial charge in [-0.25, -0.2) is 4.79 Å². The Bertz CT molecular complexity index is 42.3. The number of hydrogen-bond acceptors (Lipinski definition) is 1. The minimum absolute atomic E-state index is 0. The Morgan fingerprint density at radius 3 is 1.57 bits per heavy atom. The van der Waals surface area contributed by atoms with Crippen molar-refractivity contribution in [2.75, 3.05) is 0 Å². The maximum Gasteiger partial charge on any atom is 1.00 e. The van der Waals surface area contributed by atoms with E-state index in [9.17, 15) is 0 Å². The molecule has 0 atom stereocenters. The van der Waals surface area contributed by atoms with Gasteiger partial charge in [0.05, 0.1) is 0 Å². The molecule has 6 heteroatoms. The third-order valence-corrected chi connectivity index (χ3v) is 0. The van der Waals surface area contributed by atoms with E-state index in [2.05, 4.69) is 0 Å². The second-order valence-electron chi connectivity index (χ2n) is 0.283. The van der Waals surface area contributed by atoms with E-state index in [-0.39, 0.29) is 52.8 Å². The molecule has 0 unspecified atom stereocenters. The normalized spacial score (nSPS) is 4.14. The predicted octanol–water partition coefficient (Wildman–Crippen LogP) is -2.89. The molecule has 0 aromatic heterocycles. The first-order valence-electron chi connectivity index (χ1n) is 1.03. The standard InChI is InChI=1S/CH2O3.Al.ClH.K.3H/c2-1(3)4;;;;;;/h(H2,2,3,4);;1H;;;;/q;+1;;+1;;;-1/p-1. The van der Waals surface area contributed by atoms with Crippen molar-refractivity contribution < 1.29 is 67.8 Å². The summed E-state index contributed by atoms with van der Waals surface area (Å²) >= 11 is 0.778. The van der Waals surface area contributed by atoms with E-state index in [0.717, 1.165) is 15.4 Å². The molecule has 0 aromatic carbocycles. The molecule has 0 amide bonds. The molecule has 0 saturated carbocycles. The Labute approximate surface area is 97.6 Å². The van der Waals surface area contributed by atoms with E-state index in [0.29, 0.717) is 0 Å². The summed E-state index contributed by atoms with van der Waals surface area (Å²) in [4.78, 5) is 8.56. The van der Waals surface area contributed by atoms with Gasteiger partial charge >= 0.3 is 72.9 Å². The zero-order chi connectivity index (χ0) is 5.58. The average Bonchev–Trinajstić information content (AvgIpc) is 1.41. The molecule has 0 heterocycles. The van der Waals surface area contributed by atoms with Crippen LogP contribution in [0.2, 0.25) is 0 Å². The molecule has 0 saturated heterocycles. The molecule has 2 N–H and O–H groups in total. The Balaban J connectivity index is -0.0000000183. The Morgan fingerprint density at radius 2 is 1.57 bits per heavy atom. The van der Waals surface area contributed by atoms with E-state index in [1.807, 2.05) is 0 Å². The zero-order valence-electron chi connectivity index (χ0n) is 5.18. The molecule has 0 radical (unpaired) electrons. The van der Waals surface area contributed by atoms with Gasteiger partial charge in [-0.1, -0.05) is 0 Å². The summed E-state index contributed by atoms with van der Waals surface area (Å²) in [5.41, 5.74) is 0. The van der Waals surface area contributed by atoms with Gasteiger partial charge in [0.2, 0.25) is 0 Å². The number of rotatable bonds is 0. The number of hydrogen-bond donors (Lipinski definition) is 2. The molecule has 0 aliphatic heterocycles. The van der Waals surface area contributed by atoms with Gasteiger partial charge in [-0.3, -0.25) is 10.0 Å². The Hall–Kier alpha value is 1.73.